The topological polar surface area (TPSA) is 0 Å². The minimum Gasteiger partial charge on any atom is -0.0622 e. The molecule has 0 heteroatoms. The van der Waals surface area contributed by atoms with E-state index < -0.39 is 0 Å². The van der Waals surface area contributed by atoms with Gasteiger partial charge < -0.3 is 0 Å². The summed E-state index contributed by atoms with van der Waals surface area (Å²) in [5.74, 6) is 0. The highest BCUT2D eigenvalue weighted by atomic mass is 14.4. The van der Waals surface area contributed by atoms with E-state index in [0.29, 0.717) is 0 Å². The van der Waals surface area contributed by atoms with Crippen LogP contribution in [-0.4, -0.2) is 0 Å². The number of rotatable bonds is 3. The second-order valence-electron chi connectivity index (χ2n) is 12.9. The van der Waals surface area contributed by atoms with Gasteiger partial charge in [0.05, 0.1) is 0 Å². The molecule has 45 heavy (non-hydrogen) atoms. The van der Waals surface area contributed by atoms with Crippen LogP contribution in [-0.2, 0) is 5.41 Å². The van der Waals surface area contributed by atoms with Gasteiger partial charge in [0, 0.05) is 5.41 Å². The van der Waals surface area contributed by atoms with E-state index in [4.69, 9.17) is 0 Å². The SMILES string of the molecule is CC1(C)c2ccccc2-c2ccc(-c3c4ccccc4c(-c4ccccc4)c4ccc(-c5cccc6ccccc56)cc34)cc21. The third-order valence-electron chi connectivity index (χ3n) is 10.1. The summed E-state index contributed by atoms with van der Waals surface area (Å²) >= 11 is 0. The number of hydrogen-bond donors (Lipinski definition) is 0. The average molecular weight is 573 g/mol. The van der Waals surface area contributed by atoms with E-state index >= 15 is 0 Å². The maximum atomic E-state index is 2.48. The van der Waals surface area contributed by atoms with Crippen LogP contribution in [0.1, 0.15) is 25.0 Å². The molecular formula is C45H32. The van der Waals surface area contributed by atoms with Crippen molar-refractivity contribution in [2.75, 3.05) is 0 Å². The molecule has 1 aliphatic rings. The molecule has 0 fully saturated rings. The second kappa shape index (κ2) is 9.78. The molecule has 0 atom stereocenters. The first-order valence-electron chi connectivity index (χ1n) is 15.9. The smallest absolute Gasteiger partial charge is 0.0159 e. The van der Waals surface area contributed by atoms with Crippen molar-refractivity contribution in [3.05, 3.63) is 169 Å². The van der Waals surface area contributed by atoms with Gasteiger partial charge in [0.15, 0.2) is 0 Å². The molecule has 0 saturated carbocycles. The molecule has 8 aromatic carbocycles. The Balaban J connectivity index is 1.39. The molecule has 0 radical (unpaired) electrons. The van der Waals surface area contributed by atoms with Crippen molar-refractivity contribution >= 4 is 32.3 Å². The third kappa shape index (κ3) is 3.85. The Bertz CT molecular complexity index is 2440. The summed E-state index contributed by atoms with van der Waals surface area (Å²) in [5.41, 5.74) is 13.1. The molecule has 0 nitrogen and oxygen atoms in total. The Morgan fingerprint density at radius 2 is 0.911 bits per heavy atom. The van der Waals surface area contributed by atoms with Gasteiger partial charge >= 0.3 is 0 Å². The van der Waals surface area contributed by atoms with Crippen LogP contribution < -0.4 is 0 Å². The van der Waals surface area contributed by atoms with Gasteiger partial charge in [-0.2, -0.15) is 0 Å². The molecule has 1 aliphatic carbocycles. The Morgan fingerprint density at radius 3 is 1.73 bits per heavy atom. The highest BCUT2D eigenvalue weighted by molar-refractivity contribution is 6.22. The monoisotopic (exact) mass is 572 g/mol. The molecule has 9 rings (SSSR count). The van der Waals surface area contributed by atoms with E-state index in [-0.39, 0.29) is 5.41 Å². The Labute approximate surface area is 264 Å². The Hall–Kier alpha value is -5.46. The summed E-state index contributed by atoms with van der Waals surface area (Å²) in [6.45, 7) is 4.74. The second-order valence-corrected chi connectivity index (χ2v) is 12.9. The van der Waals surface area contributed by atoms with E-state index in [0.717, 1.165) is 0 Å². The van der Waals surface area contributed by atoms with Crippen LogP contribution in [0.3, 0.4) is 0 Å². The van der Waals surface area contributed by atoms with Crippen LogP contribution in [0, 0.1) is 0 Å². The van der Waals surface area contributed by atoms with Gasteiger partial charge in [-0.15, -0.1) is 0 Å². The summed E-state index contributed by atoms with van der Waals surface area (Å²) in [5, 5.41) is 7.67. The maximum Gasteiger partial charge on any atom is 0.0159 e. The molecule has 0 spiro atoms. The molecule has 8 aromatic rings. The highest BCUT2D eigenvalue weighted by Crippen LogP contribution is 2.51. The molecule has 0 aromatic heterocycles. The van der Waals surface area contributed by atoms with Gasteiger partial charge in [-0.3, -0.25) is 0 Å². The van der Waals surface area contributed by atoms with Crippen LogP contribution in [0.4, 0.5) is 0 Å². The largest absolute Gasteiger partial charge is 0.0622 e. The predicted octanol–water partition coefficient (Wildman–Crippen LogP) is 12.5. The van der Waals surface area contributed by atoms with Gasteiger partial charge in [0.25, 0.3) is 0 Å². The lowest BCUT2D eigenvalue weighted by Crippen LogP contribution is -2.14. The fourth-order valence-corrected chi connectivity index (χ4v) is 7.91. The summed E-state index contributed by atoms with van der Waals surface area (Å²) in [4.78, 5) is 0. The zero-order chi connectivity index (χ0) is 30.1. The van der Waals surface area contributed by atoms with E-state index in [1.165, 1.54) is 88.0 Å². The lowest BCUT2D eigenvalue weighted by Gasteiger charge is -2.23. The van der Waals surface area contributed by atoms with E-state index in [9.17, 15) is 0 Å². The van der Waals surface area contributed by atoms with E-state index in [2.05, 4.69) is 172 Å². The molecule has 0 aliphatic heterocycles. The zero-order valence-corrected chi connectivity index (χ0v) is 25.5. The van der Waals surface area contributed by atoms with Crippen LogP contribution >= 0.6 is 0 Å². The standard InChI is InChI=1S/C45H32/c1-45(2)41-22-11-10-18-35(41)36-25-24-32(28-42(36)45)44-38-20-9-8-19-37(38)43(30-14-4-3-5-15-30)39-26-23-31(27-40(39)44)34-21-12-16-29-13-6-7-17-33(29)34/h3-28H,1-2H3. The lowest BCUT2D eigenvalue weighted by molar-refractivity contribution is 0.660. The molecule has 0 saturated heterocycles. The van der Waals surface area contributed by atoms with Crippen molar-refractivity contribution in [1.29, 1.82) is 0 Å². The Morgan fingerprint density at radius 1 is 0.333 bits per heavy atom. The van der Waals surface area contributed by atoms with Crippen LogP contribution in [0.2, 0.25) is 0 Å². The summed E-state index contributed by atoms with van der Waals surface area (Å²) in [6, 6.07) is 58.4. The van der Waals surface area contributed by atoms with Crippen molar-refractivity contribution in [2.24, 2.45) is 0 Å². The van der Waals surface area contributed by atoms with Crippen LogP contribution in [0.25, 0.3) is 76.8 Å². The molecule has 212 valence electrons. The van der Waals surface area contributed by atoms with E-state index in [1.807, 2.05) is 0 Å². The zero-order valence-electron chi connectivity index (χ0n) is 25.5. The van der Waals surface area contributed by atoms with Crippen LogP contribution in [0.15, 0.2) is 158 Å². The quantitative estimate of drug-likeness (QED) is 0.185. The fraction of sp³-hybridized carbons (Fsp3) is 0.0667. The predicted molar refractivity (Wildman–Crippen MR) is 193 cm³/mol. The highest BCUT2D eigenvalue weighted by Gasteiger charge is 2.35. The molecule has 0 N–H and O–H groups in total. The molecule has 0 bridgehead atoms. The van der Waals surface area contributed by atoms with Gasteiger partial charge in [-0.1, -0.05) is 159 Å². The number of fused-ring (bicyclic) bond motifs is 6. The first kappa shape index (κ1) is 26.0. The first-order valence-corrected chi connectivity index (χ1v) is 15.9. The molecule has 0 unspecified atom stereocenters. The minimum absolute atomic E-state index is 0.0639. The minimum atomic E-state index is -0.0639. The maximum absolute atomic E-state index is 2.48. The number of hydrogen-bond acceptors (Lipinski definition) is 0. The average Bonchev–Trinajstić information content (AvgIpc) is 3.32. The summed E-state index contributed by atoms with van der Waals surface area (Å²) in [7, 11) is 0. The molecular weight excluding hydrogens is 540 g/mol. The van der Waals surface area contributed by atoms with Gasteiger partial charge in [0.1, 0.15) is 0 Å². The van der Waals surface area contributed by atoms with Gasteiger partial charge in [-0.25, -0.2) is 0 Å². The Kier molecular flexibility index (Phi) is 5.64. The lowest BCUT2D eigenvalue weighted by atomic mass is 9.80. The van der Waals surface area contributed by atoms with Crippen molar-refractivity contribution < 1.29 is 0 Å². The normalized spacial score (nSPS) is 13.3. The number of benzene rings is 8. The van der Waals surface area contributed by atoms with Crippen molar-refractivity contribution in [1.82, 2.24) is 0 Å². The molecule has 0 heterocycles. The van der Waals surface area contributed by atoms with Gasteiger partial charge in [0.2, 0.25) is 0 Å². The van der Waals surface area contributed by atoms with Crippen molar-refractivity contribution in [3.63, 3.8) is 0 Å². The van der Waals surface area contributed by atoms with Crippen molar-refractivity contribution in [3.8, 4) is 44.5 Å². The van der Waals surface area contributed by atoms with Gasteiger partial charge in [-0.05, 0) is 100 Å². The van der Waals surface area contributed by atoms with Crippen molar-refractivity contribution in [2.45, 2.75) is 19.3 Å². The fourth-order valence-electron chi connectivity index (χ4n) is 7.91. The van der Waals surface area contributed by atoms with E-state index in [1.54, 1.807) is 0 Å². The third-order valence-corrected chi connectivity index (χ3v) is 10.1. The first-order chi connectivity index (χ1) is 22.1. The summed E-state index contributed by atoms with van der Waals surface area (Å²) < 4.78 is 0. The summed E-state index contributed by atoms with van der Waals surface area (Å²) in [6.07, 6.45) is 0. The molecule has 0 amide bonds. The van der Waals surface area contributed by atoms with Crippen LogP contribution in [0.5, 0.6) is 0 Å².